The molecule has 0 fully saturated rings. The molecule has 114 valence electrons. The van der Waals surface area contributed by atoms with Crippen LogP contribution in [-0.4, -0.2) is 30.6 Å². The zero-order valence-electron chi connectivity index (χ0n) is 13.5. The van der Waals surface area contributed by atoms with Gasteiger partial charge in [-0.05, 0) is 17.7 Å². The Morgan fingerprint density at radius 3 is 2.45 bits per heavy atom. The molecule has 0 radical (unpaired) electrons. The van der Waals surface area contributed by atoms with Gasteiger partial charge in [0.15, 0.2) is 0 Å². The van der Waals surface area contributed by atoms with Gasteiger partial charge >= 0.3 is 0 Å². The number of hydrogen-bond donors (Lipinski definition) is 1. The van der Waals surface area contributed by atoms with Crippen LogP contribution < -0.4 is 4.74 Å². The number of hydrogen-bond acceptors (Lipinski definition) is 1. The molecule has 0 spiro atoms. The van der Waals surface area contributed by atoms with E-state index < -0.39 is 0 Å². The summed E-state index contributed by atoms with van der Waals surface area (Å²) in [6.07, 6.45) is 2.10. The molecular formula is C19H23N2O+. The Morgan fingerprint density at radius 2 is 1.73 bits per heavy atom. The summed E-state index contributed by atoms with van der Waals surface area (Å²) in [5.74, 6) is 0.950. The number of rotatable bonds is 5. The molecule has 3 nitrogen and oxygen atoms in total. The molecule has 0 bridgehead atoms. The fourth-order valence-electron chi connectivity index (χ4n) is 2.71. The maximum Gasteiger partial charge on any atom is 0.129 e. The van der Waals surface area contributed by atoms with E-state index in [0.717, 1.165) is 22.3 Å². The Kier molecular flexibility index (Phi) is 3.90. The lowest BCUT2D eigenvalue weighted by atomic mass is 10.1. The standard InChI is InChI=1S/C19H23N2O/c1-21(2,3)13-16-12-20-17-10-7-11-18(19(16)17)22-14-15-8-5-4-6-9-15/h4-12,20H,13-14H2,1-3H3/q+1. The van der Waals surface area contributed by atoms with Crippen LogP contribution in [0.25, 0.3) is 10.9 Å². The molecule has 1 heterocycles. The van der Waals surface area contributed by atoms with Crippen molar-refractivity contribution in [2.24, 2.45) is 0 Å². The number of nitrogens with one attached hydrogen (secondary N) is 1. The normalized spacial score (nSPS) is 11.8. The van der Waals surface area contributed by atoms with Crippen LogP contribution in [0, 0.1) is 0 Å². The Morgan fingerprint density at radius 1 is 0.955 bits per heavy atom. The summed E-state index contributed by atoms with van der Waals surface area (Å²) >= 11 is 0. The third kappa shape index (κ3) is 3.31. The van der Waals surface area contributed by atoms with E-state index in [4.69, 9.17) is 4.74 Å². The number of H-pyrrole nitrogens is 1. The van der Waals surface area contributed by atoms with Gasteiger partial charge in [0.05, 0.1) is 26.5 Å². The van der Waals surface area contributed by atoms with Crippen LogP contribution in [0.4, 0.5) is 0 Å². The first kappa shape index (κ1) is 14.7. The molecule has 1 aromatic heterocycles. The second-order valence-electron chi connectivity index (χ2n) is 6.72. The van der Waals surface area contributed by atoms with Crippen molar-refractivity contribution in [3.63, 3.8) is 0 Å². The van der Waals surface area contributed by atoms with Gasteiger partial charge in [-0.25, -0.2) is 0 Å². The van der Waals surface area contributed by atoms with Crippen molar-refractivity contribution >= 4 is 10.9 Å². The summed E-state index contributed by atoms with van der Waals surface area (Å²) in [5, 5.41) is 1.20. The fourth-order valence-corrected chi connectivity index (χ4v) is 2.71. The zero-order chi connectivity index (χ0) is 15.6. The number of aromatic nitrogens is 1. The Balaban J connectivity index is 1.90. The van der Waals surface area contributed by atoms with Crippen LogP contribution in [0.5, 0.6) is 5.75 Å². The lowest BCUT2D eigenvalue weighted by Crippen LogP contribution is -2.33. The molecule has 0 amide bonds. The van der Waals surface area contributed by atoms with Crippen LogP contribution in [0.3, 0.4) is 0 Å². The summed E-state index contributed by atoms with van der Waals surface area (Å²) in [6, 6.07) is 16.5. The number of ether oxygens (including phenoxy) is 1. The number of benzene rings is 2. The Hall–Kier alpha value is -2.26. The predicted octanol–water partition coefficient (Wildman–Crippen LogP) is 3.95. The average molecular weight is 295 g/mol. The number of fused-ring (bicyclic) bond motifs is 1. The van der Waals surface area contributed by atoms with Crippen molar-refractivity contribution in [1.29, 1.82) is 0 Å². The van der Waals surface area contributed by atoms with E-state index in [1.807, 2.05) is 24.3 Å². The van der Waals surface area contributed by atoms with Crippen molar-refractivity contribution in [3.05, 3.63) is 65.9 Å². The predicted molar refractivity (Wildman–Crippen MR) is 90.8 cm³/mol. The van der Waals surface area contributed by atoms with E-state index in [1.54, 1.807) is 0 Å². The van der Waals surface area contributed by atoms with Gasteiger partial charge in [0.25, 0.3) is 0 Å². The monoisotopic (exact) mass is 295 g/mol. The minimum absolute atomic E-state index is 0.592. The second kappa shape index (κ2) is 5.85. The third-order valence-corrected chi connectivity index (χ3v) is 3.63. The minimum atomic E-state index is 0.592. The van der Waals surface area contributed by atoms with Crippen LogP contribution in [0.2, 0.25) is 0 Å². The molecule has 0 aliphatic rings. The summed E-state index contributed by atoms with van der Waals surface area (Å²) in [5.41, 5.74) is 3.61. The van der Waals surface area contributed by atoms with Gasteiger partial charge in [0.1, 0.15) is 18.9 Å². The van der Waals surface area contributed by atoms with Gasteiger partial charge in [-0.2, -0.15) is 0 Å². The summed E-state index contributed by atoms with van der Waals surface area (Å²) < 4.78 is 6.98. The molecule has 0 unspecified atom stereocenters. The van der Waals surface area contributed by atoms with E-state index in [2.05, 4.69) is 56.6 Å². The number of quaternary nitrogens is 1. The van der Waals surface area contributed by atoms with Gasteiger partial charge in [0, 0.05) is 17.3 Å². The van der Waals surface area contributed by atoms with Crippen molar-refractivity contribution in [1.82, 2.24) is 4.98 Å². The largest absolute Gasteiger partial charge is 0.488 e. The molecule has 3 heteroatoms. The SMILES string of the molecule is C[N+](C)(C)Cc1c[nH]c2cccc(OCc3ccccc3)c12. The fraction of sp³-hybridized carbons (Fsp3) is 0.263. The topological polar surface area (TPSA) is 25.0 Å². The molecule has 0 saturated carbocycles. The molecule has 3 rings (SSSR count). The van der Waals surface area contributed by atoms with Crippen LogP contribution >= 0.6 is 0 Å². The summed E-state index contributed by atoms with van der Waals surface area (Å²) in [6.45, 7) is 1.56. The van der Waals surface area contributed by atoms with Gasteiger partial charge in [0.2, 0.25) is 0 Å². The van der Waals surface area contributed by atoms with E-state index in [1.165, 1.54) is 16.5 Å². The van der Waals surface area contributed by atoms with Gasteiger partial charge in [-0.1, -0.05) is 36.4 Å². The first-order chi connectivity index (χ1) is 10.5. The van der Waals surface area contributed by atoms with Crippen molar-refractivity contribution in [3.8, 4) is 5.75 Å². The Bertz CT molecular complexity index is 754. The maximum absolute atomic E-state index is 6.09. The van der Waals surface area contributed by atoms with Gasteiger partial charge in [-0.15, -0.1) is 0 Å². The van der Waals surface area contributed by atoms with E-state index in [9.17, 15) is 0 Å². The molecule has 0 atom stereocenters. The van der Waals surface area contributed by atoms with E-state index >= 15 is 0 Å². The Labute approximate surface area is 131 Å². The van der Waals surface area contributed by atoms with Crippen molar-refractivity contribution < 1.29 is 9.22 Å². The number of aromatic amines is 1. The van der Waals surface area contributed by atoms with E-state index in [-0.39, 0.29) is 0 Å². The van der Waals surface area contributed by atoms with Crippen molar-refractivity contribution in [2.45, 2.75) is 13.2 Å². The maximum atomic E-state index is 6.09. The molecule has 1 N–H and O–H groups in total. The first-order valence-corrected chi connectivity index (χ1v) is 7.59. The van der Waals surface area contributed by atoms with Gasteiger partial charge < -0.3 is 14.2 Å². The van der Waals surface area contributed by atoms with Crippen LogP contribution in [0.15, 0.2) is 54.7 Å². The smallest absolute Gasteiger partial charge is 0.129 e. The van der Waals surface area contributed by atoms with Crippen LogP contribution in [-0.2, 0) is 13.2 Å². The minimum Gasteiger partial charge on any atom is -0.488 e. The molecule has 0 aliphatic carbocycles. The quantitative estimate of drug-likeness (QED) is 0.708. The lowest BCUT2D eigenvalue weighted by molar-refractivity contribution is -0.883. The highest BCUT2D eigenvalue weighted by Gasteiger charge is 2.16. The highest BCUT2D eigenvalue weighted by molar-refractivity contribution is 5.89. The number of nitrogens with zero attached hydrogens (tertiary/aromatic N) is 1. The van der Waals surface area contributed by atoms with Crippen molar-refractivity contribution in [2.75, 3.05) is 21.1 Å². The first-order valence-electron chi connectivity index (χ1n) is 7.59. The highest BCUT2D eigenvalue weighted by Crippen LogP contribution is 2.30. The average Bonchev–Trinajstić information content (AvgIpc) is 2.88. The van der Waals surface area contributed by atoms with Gasteiger partial charge in [-0.3, -0.25) is 0 Å². The molecule has 2 aromatic carbocycles. The van der Waals surface area contributed by atoms with Crippen LogP contribution in [0.1, 0.15) is 11.1 Å². The molecule has 3 aromatic rings. The molecule has 22 heavy (non-hydrogen) atoms. The molecule has 0 saturated heterocycles. The zero-order valence-corrected chi connectivity index (χ0v) is 13.5. The molecule has 0 aliphatic heterocycles. The summed E-state index contributed by atoms with van der Waals surface area (Å²) in [4.78, 5) is 3.36. The lowest BCUT2D eigenvalue weighted by Gasteiger charge is -2.23. The second-order valence-corrected chi connectivity index (χ2v) is 6.72. The highest BCUT2D eigenvalue weighted by atomic mass is 16.5. The third-order valence-electron chi connectivity index (χ3n) is 3.63. The van der Waals surface area contributed by atoms with E-state index in [0.29, 0.717) is 6.61 Å². The molecular weight excluding hydrogens is 272 g/mol. The summed E-state index contributed by atoms with van der Waals surface area (Å²) in [7, 11) is 6.60.